The highest BCUT2D eigenvalue weighted by molar-refractivity contribution is 6.03. The topological polar surface area (TPSA) is 53.5 Å². The highest BCUT2D eigenvalue weighted by Crippen LogP contribution is 2.32. The second kappa shape index (κ2) is 7.11. The summed E-state index contributed by atoms with van der Waals surface area (Å²) in [5, 5.41) is 1.82. The molecule has 0 spiro atoms. The molecule has 1 saturated heterocycles. The Labute approximate surface area is 178 Å². The number of hydrogen-bond donors (Lipinski definition) is 0. The molecule has 2 amide bonds. The lowest BCUT2D eigenvalue weighted by Gasteiger charge is -2.31. The number of halogens is 2. The number of fused-ring (bicyclic) bond motifs is 2. The molecule has 1 aromatic heterocycles. The van der Waals surface area contributed by atoms with E-state index in [9.17, 15) is 18.4 Å². The third kappa shape index (κ3) is 3.44. The minimum atomic E-state index is -2.68. The number of rotatable bonds is 2. The average molecular weight is 421 g/mol. The van der Waals surface area contributed by atoms with Crippen LogP contribution in [0.5, 0.6) is 0 Å². The fourth-order valence-electron chi connectivity index (χ4n) is 4.36. The molecule has 0 bridgehead atoms. The van der Waals surface area contributed by atoms with Gasteiger partial charge in [-0.1, -0.05) is 24.3 Å². The van der Waals surface area contributed by atoms with E-state index in [1.165, 1.54) is 4.90 Å². The predicted octanol–water partition coefficient (Wildman–Crippen LogP) is 4.36. The fraction of sp³-hybridized carbons (Fsp3) is 0.292. The van der Waals surface area contributed by atoms with Gasteiger partial charge < -0.3 is 9.80 Å². The minimum Gasteiger partial charge on any atom is -0.338 e. The monoisotopic (exact) mass is 421 g/mol. The molecule has 0 unspecified atom stereocenters. The quantitative estimate of drug-likeness (QED) is 0.618. The van der Waals surface area contributed by atoms with Crippen LogP contribution in [0, 0.1) is 0 Å². The van der Waals surface area contributed by atoms with Crippen molar-refractivity contribution in [3.05, 3.63) is 65.4 Å². The number of likely N-dealkylation sites (tertiary alicyclic amines) is 1. The molecule has 2 aliphatic heterocycles. The molecular formula is C24H21F2N3O2. The summed E-state index contributed by atoms with van der Waals surface area (Å²) in [5.41, 5.74) is 3.75. The molecule has 0 atom stereocenters. The van der Waals surface area contributed by atoms with Crippen molar-refractivity contribution in [3.8, 4) is 11.3 Å². The van der Waals surface area contributed by atoms with E-state index in [1.807, 2.05) is 30.3 Å². The fourth-order valence-corrected chi connectivity index (χ4v) is 4.36. The van der Waals surface area contributed by atoms with Gasteiger partial charge >= 0.3 is 0 Å². The molecule has 31 heavy (non-hydrogen) atoms. The lowest BCUT2D eigenvalue weighted by molar-refractivity contribution is -0.0494. The number of carbonyl (C=O) groups is 2. The highest BCUT2D eigenvalue weighted by atomic mass is 19.3. The number of hydrogen-bond acceptors (Lipinski definition) is 3. The molecule has 158 valence electrons. The van der Waals surface area contributed by atoms with Crippen LogP contribution in [0.2, 0.25) is 0 Å². The van der Waals surface area contributed by atoms with Crippen LogP contribution < -0.4 is 0 Å². The number of carbonyl (C=O) groups excluding carboxylic acids is 2. The van der Waals surface area contributed by atoms with Gasteiger partial charge in [-0.25, -0.2) is 8.78 Å². The van der Waals surface area contributed by atoms with E-state index in [0.717, 1.165) is 27.6 Å². The van der Waals surface area contributed by atoms with E-state index in [0.29, 0.717) is 17.7 Å². The molecule has 1 fully saturated rings. The molecule has 2 aromatic carbocycles. The van der Waals surface area contributed by atoms with E-state index in [2.05, 4.69) is 4.98 Å². The van der Waals surface area contributed by atoms with Crippen LogP contribution in [0.3, 0.4) is 0 Å². The van der Waals surface area contributed by atoms with E-state index in [-0.39, 0.29) is 37.7 Å². The molecular weight excluding hydrogens is 400 g/mol. The van der Waals surface area contributed by atoms with Gasteiger partial charge in [-0.2, -0.15) is 0 Å². The Morgan fingerprint density at radius 1 is 1.06 bits per heavy atom. The first-order chi connectivity index (χ1) is 14.8. The first-order valence-corrected chi connectivity index (χ1v) is 10.3. The lowest BCUT2D eigenvalue weighted by Crippen LogP contribution is -2.42. The van der Waals surface area contributed by atoms with Crippen molar-refractivity contribution in [3.63, 3.8) is 0 Å². The molecule has 3 aromatic rings. The summed E-state index contributed by atoms with van der Waals surface area (Å²) in [4.78, 5) is 32.6. The summed E-state index contributed by atoms with van der Waals surface area (Å²) in [6.45, 7) is 0.689. The molecule has 3 heterocycles. The van der Waals surface area contributed by atoms with Crippen molar-refractivity contribution in [2.24, 2.45) is 0 Å². The van der Waals surface area contributed by atoms with E-state index >= 15 is 0 Å². The van der Waals surface area contributed by atoms with Gasteiger partial charge in [0.1, 0.15) is 0 Å². The zero-order valence-corrected chi connectivity index (χ0v) is 17.1. The highest BCUT2D eigenvalue weighted by Gasteiger charge is 2.35. The van der Waals surface area contributed by atoms with Crippen molar-refractivity contribution in [2.45, 2.75) is 25.3 Å². The number of benzene rings is 2. The van der Waals surface area contributed by atoms with Gasteiger partial charge in [-0.05, 0) is 34.5 Å². The molecule has 0 radical (unpaired) electrons. The third-order valence-electron chi connectivity index (χ3n) is 6.16. The smallest absolute Gasteiger partial charge is 0.255 e. The maximum absolute atomic E-state index is 13.4. The molecule has 0 N–H and O–H groups in total. The van der Waals surface area contributed by atoms with Gasteiger partial charge in [0.2, 0.25) is 0 Å². The largest absolute Gasteiger partial charge is 0.338 e. The zero-order valence-electron chi connectivity index (χ0n) is 17.1. The van der Waals surface area contributed by atoms with E-state index in [1.54, 1.807) is 30.3 Å². The molecule has 0 saturated carbocycles. The number of aromatic nitrogens is 1. The minimum absolute atomic E-state index is 0.0226. The van der Waals surface area contributed by atoms with Gasteiger partial charge in [0, 0.05) is 56.8 Å². The van der Waals surface area contributed by atoms with Crippen LogP contribution in [-0.2, 0) is 6.54 Å². The Morgan fingerprint density at radius 2 is 1.84 bits per heavy atom. The summed E-state index contributed by atoms with van der Waals surface area (Å²) in [6, 6.07) is 13.2. The van der Waals surface area contributed by atoms with Crippen molar-refractivity contribution in [1.82, 2.24) is 14.8 Å². The molecule has 5 rings (SSSR count). The maximum Gasteiger partial charge on any atom is 0.255 e. The lowest BCUT2D eigenvalue weighted by atomic mass is 9.98. The Kier molecular flexibility index (Phi) is 4.50. The van der Waals surface area contributed by atoms with Crippen molar-refractivity contribution < 1.29 is 18.4 Å². The van der Waals surface area contributed by atoms with Crippen molar-refractivity contribution in [1.29, 1.82) is 0 Å². The Bertz CT molecular complexity index is 1210. The first-order valence-electron chi connectivity index (χ1n) is 10.3. The van der Waals surface area contributed by atoms with Crippen LogP contribution in [0.4, 0.5) is 8.78 Å². The zero-order chi connectivity index (χ0) is 21.8. The average Bonchev–Trinajstić information content (AvgIpc) is 3.05. The Morgan fingerprint density at radius 3 is 2.61 bits per heavy atom. The number of amides is 2. The van der Waals surface area contributed by atoms with Gasteiger partial charge in [0.15, 0.2) is 0 Å². The molecule has 0 aliphatic carbocycles. The van der Waals surface area contributed by atoms with Crippen LogP contribution in [0.1, 0.15) is 39.1 Å². The molecule has 5 nitrogen and oxygen atoms in total. The van der Waals surface area contributed by atoms with Crippen LogP contribution in [-0.4, -0.2) is 52.7 Å². The number of piperidine rings is 1. The number of nitrogens with zero attached hydrogens (tertiary/aromatic N) is 3. The second-order valence-electron chi connectivity index (χ2n) is 8.28. The van der Waals surface area contributed by atoms with Crippen molar-refractivity contribution in [2.75, 3.05) is 20.1 Å². The normalized spacial score (nSPS) is 17.8. The van der Waals surface area contributed by atoms with Crippen LogP contribution in [0.15, 0.2) is 48.7 Å². The Hall–Kier alpha value is -3.35. The standard InChI is InChI=1S/C24H21F2N3O2/c1-28-14-17-12-21(27-13-20(17)23(28)31)19-4-2-3-15-11-16(5-6-18(15)19)22(30)29-9-7-24(25,26)8-10-29/h2-6,11-13H,7-10,14H2,1H3. The SMILES string of the molecule is CN1Cc2cc(-c3cccc4cc(C(=O)N5CCC(F)(F)CC5)ccc34)ncc2C1=O. The van der Waals surface area contributed by atoms with Gasteiger partial charge in [0.25, 0.3) is 17.7 Å². The van der Waals surface area contributed by atoms with Crippen molar-refractivity contribution >= 4 is 22.6 Å². The van der Waals surface area contributed by atoms with Gasteiger partial charge in [-0.15, -0.1) is 0 Å². The third-order valence-corrected chi connectivity index (χ3v) is 6.16. The van der Waals surface area contributed by atoms with Gasteiger partial charge in [0.05, 0.1) is 11.3 Å². The summed E-state index contributed by atoms with van der Waals surface area (Å²) < 4.78 is 26.8. The first kappa shape index (κ1) is 19.6. The summed E-state index contributed by atoms with van der Waals surface area (Å²) in [6.07, 6.45) is 1.04. The number of pyridine rings is 1. The predicted molar refractivity (Wildman–Crippen MR) is 113 cm³/mol. The molecule has 2 aliphatic rings. The molecule has 7 heteroatoms. The van der Waals surface area contributed by atoms with Gasteiger partial charge in [-0.3, -0.25) is 14.6 Å². The second-order valence-corrected chi connectivity index (χ2v) is 8.28. The van der Waals surface area contributed by atoms with Crippen LogP contribution in [0.25, 0.3) is 22.0 Å². The summed E-state index contributed by atoms with van der Waals surface area (Å²) in [7, 11) is 1.77. The van der Waals surface area contributed by atoms with E-state index in [4.69, 9.17) is 0 Å². The summed E-state index contributed by atoms with van der Waals surface area (Å²) >= 11 is 0. The maximum atomic E-state index is 13.4. The van der Waals surface area contributed by atoms with E-state index < -0.39 is 5.92 Å². The Balaban J connectivity index is 1.47. The number of alkyl halides is 2. The van der Waals surface area contributed by atoms with Crippen LogP contribution >= 0.6 is 0 Å². The summed E-state index contributed by atoms with van der Waals surface area (Å²) in [5.74, 6) is -2.93.